The Morgan fingerprint density at radius 1 is 1.20 bits per heavy atom. The van der Waals surface area contributed by atoms with Crippen LogP contribution >= 0.6 is 11.8 Å². The smallest absolute Gasteiger partial charge is 0.251 e. The number of benzene rings is 1. The number of amides is 2. The molecule has 3 rings (SSSR count). The SMILES string of the molecule is CCn1c(SCC(=O)NC2CCCCC2)nnc1[C@@H](CO)NC(=O)c1ccccc1. The van der Waals surface area contributed by atoms with Gasteiger partial charge < -0.3 is 20.3 Å². The van der Waals surface area contributed by atoms with Crippen molar-refractivity contribution >= 4 is 23.6 Å². The molecule has 0 aliphatic heterocycles. The molecule has 3 N–H and O–H groups in total. The minimum Gasteiger partial charge on any atom is -0.394 e. The van der Waals surface area contributed by atoms with Crippen molar-refractivity contribution in [1.29, 1.82) is 0 Å². The number of thioether (sulfide) groups is 1. The zero-order valence-corrected chi connectivity index (χ0v) is 18.0. The third-order valence-electron chi connectivity index (χ3n) is 5.20. The van der Waals surface area contributed by atoms with Gasteiger partial charge in [-0.15, -0.1) is 10.2 Å². The average Bonchev–Trinajstić information content (AvgIpc) is 3.20. The molecule has 2 aromatic rings. The molecule has 8 nitrogen and oxygen atoms in total. The van der Waals surface area contributed by atoms with Gasteiger partial charge in [-0.05, 0) is 31.9 Å². The molecule has 1 aliphatic carbocycles. The highest BCUT2D eigenvalue weighted by atomic mass is 32.2. The van der Waals surface area contributed by atoms with Crippen LogP contribution in [0.5, 0.6) is 0 Å². The normalized spacial score (nSPS) is 15.5. The third kappa shape index (κ3) is 5.82. The lowest BCUT2D eigenvalue weighted by Crippen LogP contribution is -2.37. The van der Waals surface area contributed by atoms with Crippen LogP contribution in [0.3, 0.4) is 0 Å². The maximum atomic E-state index is 12.5. The van der Waals surface area contributed by atoms with E-state index in [0.29, 0.717) is 23.1 Å². The van der Waals surface area contributed by atoms with E-state index in [-0.39, 0.29) is 30.2 Å². The van der Waals surface area contributed by atoms with Crippen molar-refractivity contribution in [2.75, 3.05) is 12.4 Å². The lowest BCUT2D eigenvalue weighted by molar-refractivity contribution is -0.119. The van der Waals surface area contributed by atoms with Gasteiger partial charge in [0.05, 0.1) is 12.4 Å². The summed E-state index contributed by atoms with van der Waals surface area (Å²) in [5, 5.41) is 24.7. The lowest BCUT2D eigenvalue weighted by Gasteiger charge is -2.22. The van der Waals surface area contributed by atoms with Gasteiger partial charge >= 0.3 is 0 Å². The molecule has 0 spiro atoms. The molecule has 2 amide bonds. The molecule has 162 valence electrons. The monoisotopic (exact) mass is 431 g/mol. The first kappa shape index (κ1) is 22.3. The van der Waals surface area contributed by atoms with Gasteiger partial charge in [0.1, 0.15) is 6.04 Å². The van der Waals surface area contributed by atoms with Crippen molar-refractivity contribution in [3.05, 3.63) is 41.7 Å². The van der Waals surface area contributed by atoms with Crippen LogP contribution in [0.4, 0.5) is 0 Å². The summed E-state index contributed by atoms with van der Waals surface area (Å²) in [6, 6.07) is 8.41. The number of nitrogens with one attached hydrogen (secondary N) is 2. The number of carbonyl (C=O) groups is 2. The molecule has 0 radical (unpaired) electrons. The van der Waals surface area contributed by atoms with Crippen LogP contribution in [-0.4, -0.2) is 50.1 Å². The fourth-order valence-electron chi connectivity index (χ4n) is 3.63. The van der Waals surface area contributed by atoms with Crippen molar-refractivity contribution in [2.24, 2.45) is 0 Å². The molecule has 1 heterocycles. The zero-order chi connectivity index (χ0) is 21.3. The van der Waals surface area contributed by atoms with Crippen molar-refractivity contribution in [2.45, 2.75) is 62.8 Å². The summed E-state index contributed by atoms with van der Waals surface area (Å²) in [7, 11) is 0. The molecule has 0 saturated heterocycles. The molecular formula is C21H29N5O3S. The number of hydrogen-bond acceptors (Lipinski definition) is 6. The van der Waals surface area contributed by atoms with E-state index in [4.69, 9.17) is 0 Å². The Bertz CT molecular complexity index is 836. The number of nitrogens with zero attached hydrogens (tertiary/aromatic N) is 3. The maximum absolute atomic E-state index is 12.5. The van der Waals surface area contributed by atoms with E-state index in [0.717, 1.165) is 12.8 Å². The summed E-state index contributed by atoms with van der Waals surface area (Å²) in [5.41, 5.74) is 0.507. The molecule has 9 heteroatoms. The second-order valence-electron chi connectivity index (χ2n) is 7.35. The van der Waals surface area contributed by atoms with Crippen molar-refractivity contribution in [1.82, 2.24) is 25.4 Å². The highest BCUT2D eigenvalue weighted by molar-refractivity contribution is 7.99. The average molecular weight is 432 g/mol. The Morgan fingerprint density at radius 3 is 2.60 bits per heavy atom. The number of carbonyl (C=O) groups excluding carboxylic acids is 2. The van der Waals surface area contributed by atoms with Crippen LogP contribution in [-0.2, 0) is 11.3 Å². The van der Waals surface area contributed by atoms with Gasteiger partial charge in [0, 0.05) is 18.2 Å². The Labute approximate surface area is 180 Å². The van der Waals surface area contributed by atoms with Crippen molar-refractivity contribution in [3.8, 4) is 0 Å². The minimum atomic E-state index is -0.685. The number of hydrogen-bond donors (Lipinski definition) is 3. The maximum Gasteiger partial charge on any atom is 0.251 e. The van der Waals surface area contributed by atoms with Crippen LogP contribution < -0.4 is 10.6 Å². The van der Waals surface area contributed by atoms with Gasteiger partial charge in [-0.3, -0.25) is 9.59 Å². The van der Waals surface area contributed by atoms with E-state index < -0.39 is 6.04 Å². The van der Waals surface area contributed by atoms with Crippen LogP contribution in [0.2, 0.25) is 0 Å². The van der Waals surface area contributed by atoms with Gasteiger partial charge in [0.2, 0.25) is 5.91 Å². The fraction of sp³-hybridized carbons (Fsp3) is 0.524. The predicted molar refractivity (Wildman–Crippen MR) is 115 cm³/mol. The molecule has 1 saturated carbocycles. The van der Waals surface area contributed by atoms with Crippen molar-refractivity contribution < 1.29 is 14.7 Å². The van der Waals surface area contributed by atoms with Gasteiger partial charge in [-0.2, -0.15) is 0 Å². The number of aromatic nitrogens is 3. The standard InChI is InChI=1S/C21H29N5O3S/c1-2-26-19(17(13-27)23-20(29)15-9-5-3-6-10-15)24-25-21(26)30-14-18(28)22-16-11-7-4-8-12-16/h3,5-6,9-10,16-17,27H,2,4,7-8,11-14H2,1H3,(H,22,28)(H,23,29)/t17-/m1/s1. The number of rotatable bonds is 9. The van der Waals surface area contributed by atoms with Crippen LogP contribution in [0.25, 0.3) is 0 Å². The zero-order valence-electron chi connectivity index (χ0n) is 17.2. The summed E-state index contributed by atoms with van der Waals surface area (Å²) in [4.78, 5) is 24.8. The molecule has 1 aromatic heterocycles. The first-order valence-corrected chi connectivity index (χ1v) is 11.4. The molecule has 1 aliphatic rings. The first-order valence-electron chi connectivity index (χ1n) is 10.4. The Balaban J connectivity index is 1.61. The Kier molecular flexibility index (Phi) is 8.27. The Morgan fingerprint density at radius 2 is 1.93 bits per heavy atom. The second kappa shape index (κ2) is 11.1. The van der Waals surface area contributed by atoms with Crippen molar-refractivity contribution in [3.63, 3.8) is 0 Å². The van der Waals surface area contributed by atoms with Gasteiger partial charge in [0.25, 0.3) is 5.91 Å². The van der Waals surface area contributed by atoms with E-state index in [1.165, 1.54) is 31.0 Å². The largest absolute Gasteiger partial charge is 0.394 e. The predicted octanol–water partition coefficient (Wildman–Crippen LogP) is 2.30. The van der Waals surface area contributed by atoms with Crippen LogP contribution in [0.1, 0.15) is 61.3 Å². The second-order valence-corrected chi connectivity index (χ2v) is 8.29. The minimum absolute atomic E-state index is 0.00445. The van der Waals surface area contributed by atoms with Crippen LogP contribution in [0.15, 0.2) is 35.5 Å². The molecule has 1 aromatic carbocycles. The highest BCUT2D eigenvalue weighted by Gasteiger charge is 2.23. The molecule has 1 fully saturated rings. The Hall–Kier alpha value is -2.39. The summed E-state index contributed by atoms with van der Waals surface area (Å²) in [5.74, 6) is 0.436. The van der Waals surface area contributed by atoms with E-state index in [1.807, 2.05) is 17.6 Å². The molecule has 30 heavy (non-hydrogen) atoms. The van der Waals surface area contributed by atoms with Gasteiger partial charge in [0.15, 0.2) is 11.0 Å². The summed E-state index contributed by atoms with van der Waals surface area (Å²) < 4.78 is 1.82. The third-order valence-corrected chi connectivity index (χ3v) is 6.17. The first-order chi connectivity index (χ1) is 14.6. The van der Waals surface area contributed by atoms with E-state index in [2.05, 4.69) is 20.8 Å². The van der Waals surface area contributed by atoms with E-state index in [1.54, 1.807) is 24.3 Å². The summed E-state index contributed by atoms with van der Waals surface area (Å²) >= 11 is 1.32. The summed E-state index contributed by atoms with van der Waals surface area (Å²) in [6.45, 7) is 2.20. The highest BCUT2D eigenvalue weighted by Crippen LogP contribution is 2.22. The molecule has 1 atom stereocenters. The van der Waals surface area contributed by atoms with Gasteiger partial charge in [-0.25, -0.2) is 0 Å². The quantitative estimate of drug-likeness (QED) is 0.526. The van der Waals surface area contributed by atoms with Gasteiger partial charge in [-0.1, -0.05) is 49.2 Å². The topological polar surface area (TPSA) is 109 Å². The fourth-order valence-corrected chi connectivity index (χ4v) is 4.45. The summed E-state index contributed by atoms with van der Waals surface area (Å²) in [6.07, 6.45) is 5.68. The van der Waals surface area contributed by atoms with E-state index in [9.17, 15) is 14.7 Å². The molecule has 0 bridgehead atoms. The molecule has 0 unspecified atom stereocenters. The number of aliphatic hydroxyl groups is 1. The lowest BCUT2D eigenvalue weighted by atomic mass is 9.95. The molecular weight excluding hydrogens is 402 g/mol. The number of aliphatic hydroxyl groups excluding tert-OH is 1. The van der Waals surface area contributed by atoms with E-state index >= 15 is 0 Å². The van der Waals surface area contributed by atoms with Crippen LogP contribution in [0, 0.1) is 0 Å².